The summed E-state index contributed by atoms with van der Waals surface area (Å²) in [5.74, 6) is -0.0451. The predicted molar refractivity (Wildman–Crippen MR) is 320 cm³/mol. The van der Waals surface area contributed by atoms with Crippen molar-refractivity contribution in [2.24, 2.45) is 0 Å². The quantitative estimate of drug-likeness (QED) is 0.0320. The van der Waals surface area contributed by atoms with Crippen molar-refractivity contribution in [1.82, 2.24) is 5.32 Å². The predicted octanol–water partition coefficient (Wildman–Crippen LogP) is 21.2. The molecule has 2 atom stereocenters. The fraction of sp³-hybridized carbons (Fsp3) is 0.940. The van der Waals surface area contributed by atoms with Crippen molar-refractivity contribution in [3.8, 4) is 0 Å². The largest absolute Gasteiger partial charge is 0.466 e. The number of aliphatic hydroxyl groups is 2. The van der Waals surface area contributed by atoms with Crippen LogP contribution in [-0.2, 0) is 14.3 Å². The summed E-state index contributed by atoms with van der Waals surface area (Å²) in [6.45, 7) is 4.97. The van der Waals surface area contributed by atoms with Crippen molar-refractivity contribution in [3.63, 3.8) is 0 Å². The normalized spacial score (nSPS) is 12.5. The number of carbonyl (C=O) groups excluding carboxylic acids is 2. The van der Waals surface area contributed by atoms with E-state index in [-0.39, 0.29) is 18.5 Å². The van der Waals surface area contributed by atoms with E-state index in [1.807, 2.05) is 0 Å². The number of allylic oxidation sites excluding steroid dienone is 2. The van der Waals surface area contributed by atoms with Crippen LogP contribution in [0.5, 0.6) is 0 Å². The zero-order chi connectivity index (χ0) is 52.9. The number of hydrogen-bond donors (Lipinski definition) is 3. The van der Waals surface area contributed by atoms with Gasteiger partial charge in [0.25, 0.3) is 0 Å². The lowest BCUT2D eigenvalue weighted by molar-refractivity contribution is -0.143. The van der Waals surface area contributed by atoms with Gasteiger partial charge in [0.1, 0.15) is 0 Å². The van der Waals surface area contributed by atoms with Crippen molar-refractivity contribution < 1.29 is 24.5 Å². The Labute approximate surface area is 457 Å². The maximum absolute atomic E-state index is 12.5. The first-order chi connectivity index (χ1) is 36.0. The van der Waals surface area contributed by atoms with Gasteiger partial charge in [0.05, 0.1) is 25.4 Å². The fourth-order valence-corrected chi connectivity index (χ4v) is 10.7. The van der Waals surface area contributed by atoms with Gasteiger partial charge in [0, 0.05) is 12.8 Å². The van der Waals surface area contributed by atoms with Crippen LogP contribution in [0.3, 0.4) is 0 Å². The van der Waals surface area contributed by atoms with Crippen LogP contribution in [0.4, 0.5) is 0 Å². The van der Waals surface area contributed by atoms with Crippen molar-refractivity contribution in [2.45, 2.75) is 392 Å². The molecular weight excluding hydrogens is 899 g/mol. The van der Waals surface area contributed by atoms with Gasteiger partial charge in [-0.25, -0.2) is 0 Å². The smallest absolute Gasteiger partial charge is 0.305 e. The molecule has 0 heterocycles. The van der Waals surface area contributed by atoms with Crippen LogP contribution in [0.25, 0.3) is 0 Å². The first-order valence-electron chi connectivity index (χ1n) is 33.4. The van der Waals surface area contributed by atoms with Crippen LogP contribution < -0.4 is 5.32 Å². The summed E-state index contributed by atoms with van der Waals surface area (Å²) in [7, 11) is 0. The van der Waals surface area contributed by atoms with E-state index in [1.54, 1.807) is 0 Å². The van der Waals surface area contributed by atoms with E-state index >= 15 is 0 Å². The second-order valence-electron chi connectivity index (χ2n) is 23.2. The third-order valence-corrected chi connectivity index (χ3v) is 15.8. The van der Waals surface area contributed by atoms with Gasteiger partial charge in [-0.05, 0) is 51.4 Å². The Morgan fingerprint density at radius 1 is 0.370 bits per heavy atom. The van der Waals surface area contributed by atoms with Gasteiger partial charge in [-0.1, -0.05) is 328 Å². The molecule has 0 bridgehead atoms. The number of unbranched alkanes of at least 4 members (excludes halogenated alkanes) is 50. The number of carbonyl (C=O) groups is 2. The van der Waals surface area contributed by atoms with Gasteiger partial charge >= 0.3 is 5.97 Å². The van der Waals surface area contributed by atoms with E-state index in [1.165, 1.54) is 283 Å². The molecule has 0 aliphatic heterocycles. The molecule has 0 fully saturated rings. The number of esters is 1. The maximum atomic E-state index is 12.5. The molecule has 0 aliphatic carbocycles. The summed E-state index contributed by atoms with van der Waals surface area (Å²) in [5.41, 5.74) is 0. The molecule has 0 radical (unpaired) electrons. The van der Waals surface area contributed by atoms with Gasteiger partial charge in [0.2, 0.25) is 5.91 Å². The van der Waals surface area contributed by atoms with E-state index in [0.717, 1.165) is 64.2 Å². The van der Waals surface area contributed by atoms with Crippen molar-refractivity contribution in [3.05, 3.63) is 12.2 Å². The number of aliphatic hydroxyl groups excluding tert-OH is 2. The zero-order valence-electron chi connectivity index (χ0n) is 49.6. The summed E-state index contributed by atoms with van der Waals surface area (Å²) in [4.78, 5) is 24.6. The highest BCUT2D eigenvalue weighted by molar-refractivity contribution is 5.76. The summed E-state index contributed by atoms with van der Waals surface area (Å²) in [6, 6.07) is -0.554. The molecular formula is C67H131NO5. The van der Waals surface area contributed by atoms with E-state index in [4.69, 9.17) is 4.74 Å². The highest BCUT2D eigenvalue weighted by atomic mass is 16.5. The third kappa shape index (κ3) is 59.7. The lowest BCUT2D eigenvalue weighted by atomic mass is 10.0. The van der Waals surface area contributed by atoms with Gasteiger partial charge < -0.3 is 20.3 Å². The Morgan fingerprint density at radius 3 is 0.973 bits per heavy atom. The summed E-state index contributed by atoms with van der Waals surface area (Å²) < 4.78 is 5.49. The molecule has 73 heavy (non-hydrogen) atoms. The van der Waals surface area contributed by atoms with E-state index < -0.39 is 12.1 Å². The average molecular weight is 1030 g/mol. The highest BCUT2D eigenvalue weighted by Crippen LogP contribution is 2.19. The number of hydrogen-bond acceptors (Lipinski definition) is 5. The van der Waals surface area contributed by atoms with Crippen LogP contribution in [0.1, 0.15) is 380 Å². The maximum Gasteiger partial charge on any atom is 0.305 e. The average Bonchev–Trinajstić information content (AvgIpc) is 3.39. The van der Waals surface area contributed by atoms with Gasteiger partial charge in [0.15, 0.2) is 0 Å². The molecule has 0 aliphatic rings. The van der Waals surface area contributed by atoms with Gasteiger partial charge in [-0.2, -0.15) is 0 Å². The highest BCUT2D eigenvalue weighted by Gasteiger charge is 2.20. The summed E-state index contributed by atoms with van der Waals surface area (Å²) in [5, 5.41) is 23.4. The Balaban J connectivity index is 3.44. The Morgan fingerprint density at radius 2 is 0.644 bits per heavy atom. The van der Waals surface area contributed by atoms with Crippen LogP contribution in [-0.4, -0.2) is 47.4 Å². The summed E-state index contributed by atoms with van der Waals surface area (Å²) >= 11 is 0. The second-order valence-corrected chi connectivity index (χ2v) is 23.2. The standard InChI is InChI=1S/C67H131NO5/c1-3-5-7-9-11-13-15-17-19-21-22-23-24-25-26-27-28-31-35-39-43-47-51-55-59-65(70)64(63-69)68-66(71)60-56-52-48-44-40-36-32-29-30-34-38-42-46-50-54-58-62-73-67(72)61-57-53-49-45-41-37-33-20-18-16-14-12-10-8-6-4-2/h29,32,64-65,69-70H,3-28,30-31,33-63H2,1-2H3,(H,68,71)/b32-29-. The SMILES string of the molecule is CCCCCCCCCCCCCCCCCCCCCCCCCCC(O)C(CO)NC(=O)CCCCCCC/C=C\CCCCCCCCCOC(=O)CCCCCCCCCCCCCCCCCC. The molecule has 0 saturated heterocycles. The third-order valence-electron chi connectivity index (χ3n) is 15.8. The fourth-order valence-electron chi connectivity index (χ4n) is 10.7. The molecule has 6 nitrogen and oxygen atoms in total. The van der Waals surface area contributed by atoms with Crippen LogP contribution >= 0.6 is 0 Å². The van der Waals surface area contributed by atoms with Crippen LogP contribution in [0, 0.1) is 0 Å². The minimum absolute atomic E-state index is 0.00201. The van der Waals surface area contributed by atoms with E-state index in [0.29, 0.717) is 25.9 Å². The van der Waals surface area contributed by atoms with Crippen LogP contribution in [0.2, 0.25) is 0 Å². The number of nitrogens with one attached hydrogen (secondary N) is 1. The molecule has 2 unspecified atom stereocenters. The lowest BCUT2D eigenvalue weighted by Crippen LogP contribution is -2.45. The molecule has 0 rings (SSSR count). The lowest BCUT2D eigenvalue weighted by Gasteiger charge is -2.22. The Kier molecular flexibility index (Phi) is 61.9. The first-order valence-corrected chi connectivity index (χ1v) is 33.4. The minimum atomic E-state index is -0.676. The van der Waals surface area contributed by atoms with Crippen LogP contribution in [0.15, 0.2) is 12.2 Å². The Bertz CT molecular complexity index is 1100. The Hall–Kier alpha value is -1.40. The molecule has 0 aromatic rings. The molecule has 0 saturated carbocycles. The number of ether oxygens (including phenoxy) is 1. The molecule has 3 N–H and O–H groups in total. The topological polar surface area (TPSA) is 95.9 Å². The molecule has 434 valence electrons. The minimum Gasteiger partial charge on any atom is -0.466 e. The summed E-state index contributed by atoms with van der Waals surface area (Å²) in [6.07, 6.45) is 76.6. The van der Waals surface area contributed by atoms with Crippen molar-refractivity contribution >= 4 is 11.9 Å². The molecule has 0 aromatic carbocycles. The number of rotatable bonds is 63. The van der Waals surface area contributed by atoms with E-state index in [9.17, 15) is 19.8 Å². The number of amides is 1. The van der Waals surface area contributed by atoms with E-state index in [2.05, 4.69) is 31.3 Å². The van der Waals surface area contributed by atoms with Crippen molar-refractivity contribution in [1.29, 1.82) is 0 Å². The molecule has 0 aromatic heterocycles. The molecule has 6 heteroatoms. The first kappa shape index (κ1) is 71.6. The van der Waals surface area contributed by atoms with Crippen molar-refractivity contribution in [2.75, 3.05) is 13.2 Å². The second kappa shape index (κ2) is 63.1. The van der Waals surface area contributed by atoms with Gasteiger partial charge in [-0.15, -0.1) is 0 Å². The van der Waals surface area contributed by atoms with Gasteiger partial charge in [-0.3, -0.25) is 9.59 Å². The monoisotopic (exact) mass is 1030 g/mol. The molecule has 0 spiro atoms. The molecule has 1 amide bonds. The zero-order valence-corrected chi connectivity index (χ0v) is 49.6.